The molecule has 0 fully saturated rings. The zero-order chi connectivity index (χ0) is 12.0. The van der Waals surface area contributed by atoms with E-state index in [4.69, 9.17) is 16.3 Å². The Bertz CT molecular complexity index is 361. The minimum atomic E-state index is 0.112. The lowest BCUT2D eigenvalue weighted by Gasteiger charge is -2.05. The van der Waals surface area contributed by atoms with Crippen LogP contribution in [0, 0.1) is 0 Å². The predicted octanol–water partition coefficient (Wildman–Crippen LogP) is 4.11. The van der Waals surface area contributed by atoms with Gasteiger partial charge in [-0.25, -0.2) is 0 Å². The van der Waals surface area contributed by atoms with Crippen LogP contribution < -0.4 is 4.74 Å². The highest BCUT2D eigenvalue weighted by molar-refractivity contribution is 6.34. The molecule has 2 nitrogen and oxygen atoms in total. The molecule has 0 radical (unpaired) electrons. The van der Waals surface area contributed by atoms with E-state index in [0.29, 0.717) is 22.8 Å². The van der Waals surface area contributed by atoms with Gasteiger partial charge in [-0.3, -0.25) is 4.79 Å². The summed E-state index contributed by atoms with van der Waals surface area (Å²) in [7, 11) is 1.58. The Hall–Kier alpha value is -1.02. The van der Waals surface area contributed by atoms with Crippen LogP contribution in [0.25, 0.3) is 0 Å². The lowest BCUT2D eigenvalue weighted by molar-refractivity contribution is 0.0979. The molecular weight excluding hydrogens is 224 g/mol. The van der Waals surface area contributed by atoms with Crippen LogP contribution in [0.5, 0.6) is 5.75 Å². The minimum Gasteiger partial charge on any atom is -0.497 e. The van der Waals surface area contributed by atoms with E-state index in [9.17, 15) is 4.79 Å². The molecule has 0 heterocycles. The van der Waals surface area contributed by atoms with Crippen molar-refractivity contribution in [3.63, 3.8) is 0 Å². The molecule has 0 aliphatic heterocycles. The molecule has 0 aliphatic carbocycles. The number of carbonyl (C=O) groups excluding carboxylic acids is 1. The molecule has 0 bridgehead atoms. The number of unbranched alkanes of at least 4 members (excludes halogenated alkanes) is 2. The summed E-state index contributed by atoms with van der Waals surface area (Å²) in [6.07, 6.45) is 3.70. The van der Waals surface area contributed by atoms with E-state index in [-0.39, 0.29) is 5.78 Å². The molecule has 0 aromatic heterocycles. The fourth-order valence-corrected chi connectivity index (χ4v) is 1.80. The Morgan fingerprint density at radius 3 is 2.69 bits per heavy atom. The Balaban J connectivity index is 2.68. The number of hydrogen-bond donors (Lipinski definition) is 0. The van der Waals surface area contributed by atoms with Gasteiger partial charge in [-0.05, 0) is 24.6 Å². The zero-order valence-corrected chi connectivity index (χ0v) is 10.5. The first-order valence-electron chi connectivity index (χ1n) is 5.55. The van der Waals surface area contributed by atoms with Crippen molar-refractivity contribution in [2.45, 2.75) is 32.6 Å². The largest absolute Gasteiger partial charge is 0.497 e. The van der Waals surface area contributed by atoms with Crippen molar-refractivity contribution in [2.75, 3.05) is 7.11 Å². The van der Waals surface area contributed by atoms with Gasteiger partial charge in [0.2, 0.25) is 0 Å². The van der Waals surface area contributed by atoms with Gasteiger partial charge in [0.15, 0.2) is 5.78 Å². The molecule has 0 spiro atoms. The molecule has 3 heteroatoms. The maximum absolute atomic E-state index is 11.8. The van der Waals surface area contributed by atoms with Crippen molar-refractivity contribution in [2.24, 2.45) is 0 Å². The summed E-state index contributed by atoms with van der Waals surface area (Å²) in [5.41, 5.74) is 0.596. The number of carbonyl (C=O) groups is 1. The fraction of sp³-hybridized carbons (Fsp3) is 0.462. The van der Waals surface area contributed by atoms with E-state index >= 15 is 0 Å². The summed E-state index contributed by atoms with van der Waals surface area (Å²) in [6, 6.07) is 5.17. The highest BCUT2D eigenvalue weighted by Gasteiger charge is 2.10. The standard InChI is InChI=1S/C13H17ClO2/c1-3-4-5-6-13(15)11-8-7-10(16-2)9-12(11)14/h7-9H,3-6H2,1-2H3. The number of benzene rings is 1. The van der Waals surface area contributed by atoms with E-state index < -0.39 is 0 Å². The lowest BCUT2D eigenvalue weighted by atomic mass is 10.0. The molecule has 0 atom stereocenters. The van der Waals surface area contributed by atoms with Gasteiger partial charge in [-0.1, -0.05) is 31.4 Å². The first-order chi connectivity index (χ1) is 7.69. The van der Waals surface area contributed by atoms with Gasteiger partial charge in [-0.2, -0.15) is 0 Å². The summed E-state index contributed by atoms with van der Waals surface area (Å²) >= 11 is 6.01. The number of rotatable bonds is 6. The maximum atomic E-state index is 11.8. The summed E-state index contributed by atoms with van der Waals surface area (Å²) < 4.78 is 5.03. The van der Waals surface area contributed by atoms with Gasteiger partial charge >= 0.3 is 0 Å². The quantitative estimate of drug-likeness (QED) is 0.553. The Morgan fingerprint density at radius 1 is 1.38 bits per heavy atom. The molecule has 1 aromatic rings. The number of ether oxygens (including phenoxy) is 1. The average Bonchev–Trinajstić information content (AvgIpc) is 2.29. The van der Waals surface area contributed by atoms with Crippen molar-refractivity contribution in [1.82, 2.24) is 0 Å². The molecule has 0 unspecified atom stereocenters. The first-order valence-corrected chi connectivity index (χ1v) is 5.93. The Kier molecular flexibility index (Phi) is 5.33. The molecule has 1 aromatic carbocycles. The molecule has 1 rings (SSSR count). The normalized spacial score (nSPS) is 10.2. The van der Waals surface area contributed by atoms with Crippen molar-refractivity contribution < 1.29 is 9.53 Å². The van der Waals surface area contributed by atoms with Gasteiger partial charge in [0, 0.05) is 12.0 Å². The molecule has 16 heavy (non-hydrogen) atoms. The van der Waals surface area contributed by atoms with E-state index in [1.54, 1.807) is 25.3 Å². The topological polar surface area (TPSA) is 26.3 Å². The van der Waals surface area contributed by atoms with E-state index in [2.05, 4.69) is 6.92 Å². The summed E-state index contributed by atoms with van der Waals surface area (Å²) in [5, 5.41) is 0.473. The van der Waals surface area contributed by atoms with Crippen LogP contribution in [-0.4, -0.2) is 12.9 Å². The maximum Gasteiger partial charge on any atom is 0.164 e. The predicted molar refractivity (Wildman–Crippen MR) is 66.5 cm³/mol. The van der Waals surface area contributed by atoms with E-state index in [0.717, 1.165) is 19.3 Å². The number of ketones is 1. The van der Waals surface area contributed by atoms with Crippen molar-refractivity contribution in [3.05, 3.63) is 28.8 Å². The van der Waals surface area contributed by atoms with Crippen molar-refractivity contribution in [1.29, 1.82) is 0 Å². The monoisotopic (exact) mass is 240 g/mol. The van der Waals surface area contributed by atoms with Gasteiger partial charge in [0.25, 0.3) is 0 Å². The van der Waals surface area contributed by atoms with Crippen LogP contribution in [-0.2, 0) is 0 Å². The fourth-order valence-electron chi connectivity index (χ4n) is 1.52. The van der Waals surface area contributed by atoms with Crippen LogP contribution in [0.3, 0.4) is 0 Å². The summed E-state index contributed by atoms with van der Waals surface area (Å²) in [4.78, 5) is 11.8. The lowest BCUT2D eigenvalue weighted by Crippen LogP contribution is -2.00. The van der Waals surface area contributed by atoms with Gasteiger partial charge in [-0.15, -0.1) is 0 Å². The second-order valence-electron chi connectivity index (χ2n) is 3.73. The van der Waals surface area contributed by atoms with Crippen LogP contribution in [0.15, 0.2) is 18.2 Å². The van der Waals surface area contributed by atoms with Crippen LogP contribution >= 0.6 is 11.6 Å². The zero-order valence-electron chi connectivity index (χ0n) is 9.75. The number of halogens is 1. The van der Waals surface area contributed by atoms with E-state index in [1.165, 1.54) is 0 Å². The molecule has 0 N–H and O–H groups in total. The smallest absolute Gasteiger partial charge is 0.164 e. The van der Waals surface area contributed by atoms with Gasteiger partial charge in [0.05, 0.1) is 12.1 Å². The molecule has 0 saturated carbocycles. The molecular formula is C13H17ClO2. The Morgan fingerprint density at radius 2 is 2.12 bits per heavy atom. The second-order valence-corrected chi connectivity index (χ2v) is 4.13. The van der Waals surface area contributed by atoms with Crippen LogP contribution in [0.1, 0.15) is 43.0 Å². The van der Waals surface area contributed by atoms with Crippen molar-refractivity contribution in [3.8, 4) is 5.75 Å². The van der Waals surface area contributed by atoms with Crippen LogP contribution in [0.4, 0.5) is 0 Å². The molecule has 88 valence electrons. The van der Waals surface area contributed by atoms with E-state index in [1.807, 2.05) is 0 Å². The van der Waals surface area contributed by atoms with Gasteiger partial charge in [0.1, 0.15) is 5.75 Å². The first kappa shape index (κ1) is 13.0. The minimum absolute atomic E-state index is 0.112. The number of Topliss-reactive ketones (excluding diaryl/α,β-unsaturated/α-hetero) is 1. The van der Waals surface area contributed by atoms with Crippen LogP contribution in [0.2, 0.25) is 5.02 Å². The number of methoxy groups -OCH3 is 1. The SMILES string of the molecule is CCCCCC(=O)c1ccc(OC)cc1Cl. The highest BCUT2D eigenvalue weighted by Crippen LogP contribution is 2.24. The third-order valence-corrected chi connectivity index (χ3v) is 2.80. The third-order valence-electron chi connectivity index (χ3n) is 2.48. The molecule has 0 amide bonds. The average molecular weight is 241 g/mol. The van der Waals surface area contributed by atoms with Gasteiger partial charge < -0.3 is 4.74 Å². The second kappa shape index (κ2) is 6.54. The third kappa shape index (κ3) is 3.53. The summed E-state index contributed by atoms with van der Waals surface area (Å²) in [5.74, 6) is 0.788. The molecule has 0 aliphatic rings. The number of hydrogen-bond acceptors (Lipinski definition) is 2. The van der Waals surface area contributed by atoms with Crippen molar-refractivity contribution >= 4 is 17.4 Å². The highest BCUT2D eigenvalue weighted by atomic mass is 35.5. The summed E-state index contributed by atoms with van der Waals surface area (Å²) in [6.45, 7) is 2.12. The molecule has 0 saturated heterocycles. The Labute approximate surface area is 102 Å².